The fraction of sp³-hybridized carbons (Fsp3) is 0.737. The normalized spacial score (nSPS) is 33.5. The van der Waals surface area contributed by atoms with Crippen LogP contribution in [-0.4, -0.2) is 24.3 Å². The number of carbonyl (C=O) groups is 1. The Morgan fingerprint density at radius 3 is 2.68 bits per heavy atom. The van der Waals surface area contributed by atoms with Crippen molar-refractivity contribution >= 4 is 5.97 Å². The Kier molecular flexibility index (Phi) is 4.73. The monoisotopic (exact) mass is 304 g/mol. The fourth-order valence-electron chi connectivity index (χ4n) is 4.71. The quantitative estimate of drug-likeness (QED) is 0.349. The van der Waals surface area contributed by atoms with Crippen molar-refractivity contribution in [1.82, 2.24) is 0 Å². The molecule has 1 saturated carbocycles. The van der Waals surface area contributed by atoms with Crippen LogP contribution in [0.2, 0.25) is 0 Å². The van der Waals surface area contributed by atoms with E-state index >= 15 is 0 Å². The van der Waals surface area contributed by atoms with Gasteiger partial charge in [0.1, 0.15) is 0 Å². The third kappa shape index (κ3) is 2.94. The van der Waals surface area contributed by atoms with E-state index in [-0.39, 0.29) is 16.9 Å². The molecule has 3 atom stereocenters. The average Bonchev–Trinajstić information content (AvgIpc) is 2.45. The van der Waals surface area contributed by atoms with E-state index in [1.54, 1.807) is 0 Å². The lowest BCUT2D eigenvalue weighted by atomic mass is 9.49. The van der Waals surface area contributed by atoms with Gasteiger partial charge in [0.15, 0.2) is 0 Å². The van der Waals surface area contributed by atoms with Crippen LogP contribution in [0.25, 0.3) is 0 Å². The predicted octanol–water partition coefficient (Wildman–Crippen LogP) is 3.47. The van der Waals surface area contributed by atoms with Gasteiger partial charge in [-0.05, 0) is 48.5 Å². The van der Waals surface area contributed by atoms with Gasteiger partial charge in [-0.25, -0.2) is 4.79 Å². The van der Waals surface area contributed by atoms with E-state index in [9.17, 15) is 9.90 Å². The van der Waals surface area contributed by atoms with Crippen molar-refractivity contribution in [3.8, 4) is 11.8 Å². The molecule has 0 amide bonds. The van der Waals surface area contributed by atoms with Gasteiger partial charge >= 0.3 is 5.97 Å². The van der Waals surface area contributed by atoms with Gasteiger partial charge in [0.25, 0.3) is 0 Å². The first-order valence-electron chi connectivity index (χ1n) is 8.17. The summed E-state index contributed by atoms with van der Waals surface area (Å²) in [7, 11) is 1.34. The Morgan fingerprint density at radius 2 is 2.05 bits per heavy atom. The van der Waals surface area contributed by atoms with Crippen LogP contribution in [0.4, 0.5) is 0 Å². The molecule has 0 aromatic carbocycles. The molecule has 122 valence electrons. The second-order valence-electron chi connectivity index (χ2n) is 7.70. The molecule has 1 fully saturated rings. The molecule has 22 heavy (non-hydrogen) atoms. The molecule has 0 radical (unpaired) electrons. The molecule has 2 aliphatic carbocycles. The standard InChI is InChI=1S/C19H28O3/c1-13-14(8-6-9-17(21)22-5)19(4)11-7-10-18(2,3)16(19)12-15(13)20/h15-16,20H,7-8,10-12H2,1-5H3/t15-,16?,19-/m1/s1. The summed E-state index contributed by atoms with van der Waals surface area (Å²) < 4.78 is 4.57. The minimum atomic E-state index is -0.500. The number of rotatable bonds is 1. The van der Waals surface area contributed by atoms with Crippen molar-refractivity contribution in [2.75, 3.05) is 7.11 Å². The molecule has 0 heterocycles. The van der Waals surface area contributed by atoms with E-state index in [1.165, 1.54) is 25.5 Å². The average molecular weight is 304 g/mol. The number of ether oxygens (including phenoxy) is 1. The molecule has 3 nitrogen and oxygen atoms in total. The number of fused-ring (bicyclic) bond motifs is 1. The Labute approximate surface area is 134 Å². The number of carbonyl (C=O) groups excluding carboxylic acids is 1. The van der Waals surface area contributed by atoms with Gasteiger partial charge in [-0.2, -0.15) is 0 Å². The molecule has 1 N–H and O–H groups in total. The van der Waals surface area contributed by atoms with Gasteiger partial charge in [0.05, 0.1) is 13.2 Å². The molecule has 3 heteroatoms. The van der Waals surface area contributed by atoms with Gasteiger partial charge < -0.3 is 9.84 Å². The predicted molar refractivity (Wildman–Crippen MR) is 87.0 cm³/mol. The number of allylic oxidation sites excluding steroid dienone is 1. The fourth-order valence-corrected chi connectivity index (χ4v) is 4.71. The van der Waals surface area contributed by atoms with Gasteiger partial charge in [-0.15, -0.1) is 0 Å². The van der Waals surface area contributed by atoms with E-state index in [4.69, 9.17) is 0 Å². The first kappa shape index (κ1) is 17.1. The summed E-state index contributed by atoms with van der Waals surface area (Å²) in [4.78, 5) is 11.2. The number of aliphatic hydroxyl groups excluding tert-OH is 1. The maximum atomic E-state index is 11.2. The summed E-state index contributed by atoms with van der Waals surface area (Å²) in [5, 5.41) is 10.5. The summed E-state index contributed by atoms with van der Waals surface area (Å²) in [6.45, 7) is 8.98. The van der Waals surface area contributed by atoms with Crippen molar-refractivity contribution in [1.29, 1.82) is 0 Å². The smallest absolute Gasteiger partial charge is 0.384 e. The van der Waals surface area contributed by atoms with Crippen LogP contribution < -0.4 is 0 Å². The number of methoxy groups -OCH3 is 1. The first-order chi connectivity index (χ1) is 10.2. The maximum absolute atomic E-state index is 11.2. The molecule has 1 unspecified atom stereocenters. The Bertz CT molecular complexity index is 547. The number of aliphatic hydroxyl groups is 1. The molecule has 2 aliphatic rings. The largest absolute Gasteiger partial charge is 0.459 e. The molecular weight excluding hydrogens is 276 g/mol. The second-order valence-corrected chi connectivity index (χ2v) is 7.70. The lowest BCUT2D eigenvalue weighted by Gasteiger charge is -2.55. The van der Waals surface area contributed by atoms with Gasteiger partial charge in [-0.1, -0.05) is 38.7 Å². The van der Waals surface area contributed by atoms with Crippen LogP contribution >= 0.6 is 0 Å². The third-order valence-corrected chi connectivity index (χ3v) is 5.99. The van der Waals surface area contributed by atoms with Crippen LogP contribution in [0.15, 0.2) is 11.1 Å². The van der Waals surface area contributed by atoms with Crippen molar-refractivity contribution in [2.45, 2.75) is 65.9 Å². The number of hydrogen-bond donors (Lipinski definition) is 1. The highest BCUT2D eigenvalue weighted by Gasteiger charge is 2.51. The molecule has 2 rings (SSSR count). The minimum Gasteiger partial charge on any atom is -0.459 e. The molecule has 0 spiro atoms. The van der Waals surface area contributed by atoms with Crippen molar-refractivity contribution in [3.63, 3.8) is 0 Å². The van der Waals surface area contributed by atoms with Crippen molar-refractivity contribution < 1.29 is 14.6 Å². The SMILES string of the molecule is COC(=O)C#CCC1=C(C)[C@H](O)CC2C(C)(C)CCC[C@]12C. The molecule has 0 saturated heterocycles. The topological polar surface area (TPSA) is 46.5 Å². The first-order valence-corrected chi connectivity index (χ1v) is 8.17. The molecule has 0 bridgehead atoms. The van der Waals surface area contributed by atoms with Crippen LogP contribution in [0.5, 0.6) is 0 Å². The highest BCUT2D eigenvalue weighted by molar-refractivity contribution is 5.88. The number of esters is 1. The van der Waals surface area contributed by atoms with Crippen molar-refractivity contribution in [3.05, 3.63) is 11.1 Å². The second kappa shape index (κ2) is 6.08. The zero-order valence-electron chi connectivity index (χ0n) is 14.5. The number of hydrogen-bond acceptors (Lipinski definition) is 3. The molecule has 0 aromatic rings. The summed E-state index contributed by atoms with van der Waals surface area (Å²) in [5.74, 6) is 5.43. The highest BCUT2D eigenvalue weighted by Crippen LogP contribution is 2.59. The van der Waals surface area contributed by atoms with Crippen LogP contribution in [0.3, 0.4) is 0 Å². The lowest BCUT2D eigenvalue weighted by Crippen LogP contribution is -2.48. The maximum Gasteiger partial charge on any atom is 0.384 e. The van der Waals surface area contributed by atoms with Crippen LogP contribution in [0.1, 0.15) is 59.8 Å². The van der Waals surface area contributed by atoms with E-state index in [0.717, 1.165) is 18.4 Å². The van der Waals surface area contributed by atoms with E-state index in [0.29, 0.717) is 12.3 Å². The summed E-state index contributed by atoms with van der Waals surface area (Å²) in [6.07, 6.45) is 4.55. The van der Waals surface area contributed by atoms with E-state index < -0.39 is 5.97 Å². The molecule has 0 aliphatic heterocycles. The summed E-state index contributed by atoms with van der Waals surface area (Å²) in [6, 6.07) is 0. The summed E-state index contributed by atoms with van der Waals surface area (Å²) in [5.41, 5.74) is 2.60. The highest BCUT2D eigenvalue weighted by atomic mass is 16.5. The third-order valence-electron chi connectivity index (χ3n) is 5.99. The molecule has 0 aromatic heterocycles. The van der Waals surface area contributed by atoms with E-state index in [1.807, 2.05) is 6.92 Å². The van der Waals surface area contributed by atoms with E-state index in [2.05, 4.69) is 37.3 Å². The van der Waals surface area contributed by atoms with Crippen molar-refractivity contribution in [2.24, 2.45) is 16.7 Å². The van der Waals surface area contributed by atoms with Crippen LogP contribution in [-0.2, 0) is 9.53 Å². The Morgan fingerprint density at radius 1 is 1.36 bits per heavy atom. The summed E-state index contributed by atoms with van der Waals surface area (Å²) >= 11 is 0. The Hall–Kier alpha value is -1.27. The van der Waals surface area contributed by atoms with Crippen LogP contribution in [0, 0.1) is 28.6 Å². The molecular formula is C19H28O3. The van der Waals surface area contributed by atoms with Gasteiger partial charge in [-0.3, -0.25) is 0 Å². The zero-order chi connectivity index (χ0) is 16.5. The lowest BCUT2D eigenvalue weighted by molar-refractivity contribution is -0.133. The zero-order valence-corrected chi connectivity index (χ0v) is 14.5. The van der Waals surface area contributed by atoms with Gasteiger partial charge in [0.2, 0.25) is 0 Å². The Balaban J connectivity index is 2.37. The minimum absolute atomic E-state index is 0.0792. The van der Waals surface area contributed by atoms with Gasteiger partial charge in [0, 0.05) is 12.3 Å².